The summed E-state index contributed by atoms with van der Waals surface area (Å²) in [5, 5.41) is 0. The lowest BCUT2D eigenvalue weighted by atomic mass is 10.2. The van der Waals surface area contributed by atoms with Crippen LogP contribution in [0.1, 0.15) is 5.56 Å². The molecule has 0 unspecified atom stereocenters. The zero-order chi connectivity index (χ0) is 9.14. The van der Waals surface area contributed by atoms with Crippen LogP contribution >= 0.6 is 38.5 Å². The van der Waals surface area contributed by atoms with Crippen LogP contribution in [0.25, 0.3) is 0 Å². The van der Waals surface area contributed by atoms with E-state index in [-0.39, 0.29) is 0 Å². The Morgan fingerprint density at radius 2 is 2.25 bits per heavy atom. The Balaban J connectivity index is 3.28. The summed E-state index contributed by atoms with van der Waals surface area (Å²) in [6.07, 6.45) is 0. The first-order valence-corrected chi connectivity index (χ1v) is 5.28. The molecule has 12 heavy (non-hydrogen) atoms. The molecule has 0 aromatic heterocycles. The number of methoxy groups -OCH3 is 1. The van der Waals surface area contributed by atoms with Crippen molar-refractivity contribution in [1.82, 2.24) is 0 Å². The van der Waals surface area contributed by atoms with E-state index < -0.39 is 0 Å². The highest BCUT2D eigenvalue weighted by molar-refractivity contribution is 14.1. The van der Waals surface area contributed by atoms with Gasteiger partial charge in [0.05, 0.1) is 10.7 Å². The van der Waals surface area contributed by atoms with Gasteiger partial charge in [0.25, 0.3) is 0 Å². The maximum atomic E-state index is 5.58. The number of halogens is 2. The average molecular weight is 342 g/mol. The molecule has 0 atom stereocenters. The number of nitrogens with two attached hydrogens (primary N) is 1. The van der Waals surface area contributed by atoms with Crippen LogP contribution in [-0.4, -0.2) is 7.11 Å². The van der Waals surface area contributed by atoms with Gasteiger partial charge in [-0.05, 0) is 34.7 Å². The molecule has 1 rings (SSSR count). The molecular formula is C8H9BrINO. The molecule has 0 aliphatic carbocycles. The SMILES string of the molecule is COc1c(I)ccc(Br)c1CN. The fourth-order valence-corrected chi connectivity index (χ4v) is 2.19. The molecule has 1 aromatic carbocycles. The van der Waals surface area contributed by atoms with E-state index in [0.717, 1.165) is 19.4 Å². The lowest BCUT2D eigenvalue weighted by molar-refractivity contribution is 0.406. The largest absolute Gasteiger partial charge is 0.495 e. The first kappa shape index (κ1) is 10.3. The predicted molar refractivity (Wildman–Crippen MR) is 61.3 cm³/mol. The first-order valence-electron chi connectivity index (χ1n) is 3.41. The summed E-state index contributed by atoms with van der Waals surface area (Å²) in [5.74, 6) is 0.868. The van der Waals surface area contributed by atoms with Gasteiger partial charge in [-0.25, -0.2) is 0 Å². The van der Waals surface area contributed by atoms with Crippen molar-refractivity contribution in [2.75, 3.05) is 7.11 Å². The van der Waals surface area contributed by atoms with Crippen molar-refractivity contribution in [3.8, 4) is 5.75 Å². The molecule has 0 amide bonds. The monoisotopic (exact) mass is 341 g/mol. The number of benzene rings is 1. The molecule has 1 aromatic rings. The third kappa shape index (κ3) is 1.92. The highest BCUT2D eigenvalue weighted by Crippen LogP contribution is 2.30. The van der Waals surface area contributed by atoms with Crippen LogP contribution in [0.2, 0.25) is 0 Å². The predicted octanol–water partition coefficient (Wildman–Crippen LogP) is 2.52. The van der Waals surface area contributed by atoms with Crippen LogP contribution in [0, 0.1) is 3.57 Å². The molecule has 66 valence electrons. The minimum Gasteiger partial charge on any atom is -0.495 e. The number of rotatable bonds is 2. The molecule has 0 saturated heterocycles. The zero-order valence-electron chi connectivity index (χ0n) is 6.60. The normalized spacial score (nSPS) is 10.0. The van der Waals surface area contributed by atoms with Crippen LogP contribution in [0.5, 0.6) is 5.75 Å². The van der Waals surface area contributed by atoms with Gasteiger partial charge in [-0.3, -0.25) is 0 Å². The van der Waals surface area contributed by atoms with Crippen molar-refractivity contribution < 1.29 is 4.74 Å². The number of ether oxygens (including phenoxy) is 1. The van der Waals surface area contributed by atoms with E-state index in [9.17, 15) is 0 Å². The average Bonchev–Trinajstić information content (AvgIpc) is 2.08. The summed E-state index contributed by atoms with van der Waals surface area (Å²) in [5.41, 5.74) is 6.60. The van der Waals surface area contributed by atoms with Crippen molar-refractivity contribution in [2.24, 2.45) is 5.73 Å². The summed E-state index contributed by atoms with van der Waals surface area (Å²) in [6, 6.07) is 3.97. The fraction of sp³-hybridized carbons (Fsp3) is 0.250. The molecule has 2 N–H and O–H groups in total. The summed E-state index contributed by atoms with van der Waals surface area (Å²) in [7, 11) is 1.66. The minimum absolute atomic E-state index is 0.487. The second-order valence-corrected chi connectivity index (χ2v) is 4.26. The quantitative estimate of drug-likeness (QED) is 0.839. The van der Waals surface area contributed by atoms with Gasteiger partial charge in [-0.2, -0.15) is 0 Å². The van der Waals surface area contributed by atoms with Crippen LogP contribution in [0.3, 0.4) is 0 Å². The molecule has 0 bridgehead atoms. The lowest BCUT2D eigenvalue weighted by Crippen LogP contribution is -2.02. The van der Waals surface area contributed by atoms with Crippen LogP contribution in [0.15, 0.2) is 16.6 Å². The van der Waals surface area contributed by atoms with Crippen molar-refractivity contribution in [3.63, 3.8) is 0 Å². The number of hydrogen-bond acceptors (Lipinski definition) is 2. The van der Waals surface area contributed by atoms with E-state index in [0.29, 0.717) is 6.54 Å². The van der Waals surface area contributed by atoms with Crippen LogP contribution < -0.4 is 10.5 Å². The molecule has 0 saturated carbocycles. The Morgan fingerprint density at radius 1 is 1.58 bits per heavy atom. The molecule has 4 heteroatoms. The van der Waals surface area contributed by atoms with E-state index in [1.807, 2.05) is 12.1 Å². The third-order valence-electron chi connectivity index (χ3n) is 1.56. The van der Waals surface area contributed by atoms with Crippen molar-refractivity contribution in [3.05, 3.63) is 25.7 Å². The fourth-order valence-electron chi connectivity index (χ4n) is 0.986. The van der Waals surface area contributed by atoms with Gasteiger partial charge in [-0.15, -0.1) is 0 Å². The highest BCUT2D eigenvalue weighted by atomic mass is 127. The van der Waals surface area contributed by atoms with Gasteiger partial charge < -0.3 is 10.5 Å². The number of hydrogen-bond donors (Lipinski definition) is 1. The zero-order valence-corrected chi connectivity index (χ0v) is 10.3. The van der Waals surface area contributed by atoms with E-state index in [4.69, 9.17) is 10.5 Å². The Kier molecular flexibility index (Phi) is 3.79. The van der Waals surface area contributed by atoms with Gasteiger partial charge in [0, 0.05) is 16.6 Å². The Morgan fingerprint density at radius 3 is 2.67 bits per heavy atom. The second-order valence-electron chi connectivity index (χ2n) is 2.25. The van der Waals surface area contributed by atoms with Crippen LogP contribution in [-0.2, 0) is 6.54 Å². The maximum absolute atomic E-state index is 5.58. The molecule has 0 aliphatic rings. The maximum Gasteiger partial charge on any atom is 0.137 e. The van der Waals surface area contributed by atoms with Crippen molar-refractivity contribution in [1.29, 1.82) is 0 Å². The highest BCUT2D eigenvalue weighted by Gasteiger charge is 2.08. The standard InChI is InChI=1S/C8H9BrINO/c1-12-8-5(4-11)6(9)2-3-7(8)10/h2-3H,4,11H2,1H3. The summed E-state index contributed by atoms with van der Waals surface area (Å²) in [6.45, 7) is 0.487. The molecule has 0 aliphatic heterocycles. The second kappa shape index (κ2) is 4.43. The molecule has 0 radical (unpaired) electrons. The Hall–Kier alpha value is 0.190. The molecular weight excluding hydrogens is 333 g/mol. The molecule has 0 heterocycles. The van der Waals surface area contributed by atoms with Crippen LogP contribution in [0.4, 0.5) is 0 Å². The van der Waals surface area contributed by atoms with Gasteiger partial charge in [0.2, 0.25) is 0 Å². The first-order chi connectivity index (χ1) is 5.70. The molecule has 0 spiro atoms. The topological polar surface area (TPSA) is 35.2 Å². The third-order valence-corrected chi connectivity index (χ3v) is 3.16. The van der Waals surface area contributed by atoms with Gasteiger partial charge in [-0.1, -0.05) is 15.9 Å². The van der Waals surface area contributed by atoms with E-state index in [2.05, 4.69) is 38.5 Å². The Labute approximate surface area is 93.7 Å². The lowest BCUT2D eigenvalue weighted by Gasteiger charge is -2.10. The smallest absolute Gasteiger partial charge is 0.137 e. The molecule has 0 fully saturated rings. The van der Waals surface area contributed by atoms with Crippen molar-refractivity contribution >= 4 is 38.5 Å². The van der Waals surface area contributed by atoms with Gasteiger partial charge in [0.1, 0.15) is 5.75 Å². The van der Waals surface area contributed by atoms with Gasteiger partial charge in [0.15, 0.2) is 0 Å². The van der Waals surface area contributed by atoms with Gasteiger partial charge >= 0.3 is 0 Å². The summed E-state index contributed by atoms with van der Waals surface area (Å²) in [4.78, 5) is 0. The Bertz CT molecular complexity index is 262. The van der Waals surface area contributed by atoms with E-state index in [1.165, 1.54) is 0 Å². The van der Waals surface area contributed by atoms with E-state index in [1.54, 1.807) is 7.11 Å². The van der Waals surface area contributed by atoms with Crippen molar-refractivity contribution in [2.45, 2.75) is 6.54 Å². The van der Waals surface area contributed by atoms with E-state index >= 15 is 0 Å². The summed E-state index contributed by atoms with van der Waals surface area (Å²) >= 11 is 5.64. The minimum atomic E-state index is 0.487. The summed E-state index contributed by atoms with van der Waals surface area (Å²) < 4.78 is 7.31. The molecule has 2 nitrogen and oxygen atoms in total.